The average Bonchev–Trinajstić information content (AvgIpc) is 3.10. The minimum absolute atomic E-state index is 0.000106. The summed E-state index contributed by atoms with van der Waals surface area (Å²) in [5, 5.41) is 0.199. The van der Waals surface area contributed by atoms with E-state index in [0.29, 0.717) is 19.0 Å². The Bertz CT molecular complexity index is 600. The van der Waals surface area contributed by atoms with Crippen molar-refractivity contribution in [1.29, 1.82) is 0 Å². The summed E-state index contributed by atoms with van der Waals surface area (Å²) in [6.07, 6.45) is 3.64. The van der Waals surface area contributed by atoms with Gasteiger partial charge in [-0.25, -0.2) is 9.97 Å². The van der Waals surface area contributed by atoms with Crippen molar-refractivity contribution in [2.75, 3.05) is 44.7 Å². The Morgan fingerprint density at radius 1 is 1.25 bits per heavy atom. The molecule has 0 aromatic carbocycles. The molecule has 0 spiro atoms. The van der Waals surface area contributed by atoms with Crippen LogP contribution in [-0.4, -0.2) is 71.4 Å². The monoisotopic (exact) mass is 353 g/mol. The fraction of sp³-hybridized carbons (Fsp3) is 0.625. The predicted molar refractivity (Wildman–Crippen MR) is 93.4 cm³/mol. The maximum Gasteiger partial charge on any atom is 0.274 e. The Balaban J connectivity index is 2.13. The fourth-order valence-corrected chi connectivity index (χ4v) is 2.88. The van der Waals surface area contributed by atoms with Crippen molar-refractivity contribution in [3.8, 4) is 0 Å². The van der Waals surface area contributed by atoms with E-state index in [1.54, 1.807) is 11.9 Å². The lowest BCUT2D eigenvalue weighted by Crippen LogP contribution is -2.41. The number of rotatable bonds is 6. The molecule has 2 rings (SSSR count). The van der Waals surface area contributed by atoms with Gasteiger partial charge in [-0.3, -0.25) is 9.59 Å². The van der Waals surface area contributed by atoms with E-state index < -0.39 is 0 Å². The highest BCUT2D eigenvalue weighted by Gasteiger charge is 2.23. The largest absolute Gasteiger partial charge is 0.342 e. The molecule has 24 heavy (non-hydrogen) atoms. The summed E-state index contributed by atoms with van der Waals surface area (Å²) < 4.78 is 0. The first kappa shape index (κ1) is 18.4. The maximum atomic E-state index is 12.6. The van der Waals surface area contributed by atoms with Gasteiger partial charge in [0.25, 0.3) is 5.91 Å². The molecule has 0 atom stereocenters. The molecular formula is C16H24ClN5O2. The van der Waals surface area contributed by atoms with E-state index in [0.717, 1.165) is 25.9 Å². The number of likely N-dealkylation sites (N-methyl/N-ethyl adjacent to an activating group) is 2. The van der Waals surface area contributed by atoms with Gasteiger partial charge in [-0.05, 0) is 26.7 Å². The molecule has 7 nitrogen and oxygen atoms in total. The van der Waals surface area contributed by atoms with Crippen molar-refractivity contribution >= 4 is 29.4 Å². The zero-order valence-corrected chi connectivity index (χ0v) is 15.2. The first-order valence-electron chi connectivity index (χ1n) is 8.28. The minimum Gasteiger partial charge on any atom is -0.342 e. The lowest BCUT2D eigenvalue weighted by Gasteiger charge is -2.23. The van der Waals surface area contributed by atoms with E-state index in [-0.39, 0.29) is 29.1 Å². The molecular weight excluding hydrogens is 330 g/mol. The second kappa shape index (κ2) is 8.28. The lowest BCUT2D eigenvalue weighted by molar-refractivity contribution is -0.131. The molecule has 1 aliphatic heterocycles. The third-order valence-corrected chi connectivity index (χ3v) is 4.43. The van der Waals surface area contributed by atoms with E-state index in [1.165, 1.54) is 11.1 Å². The number of hydrogen-bond donors (Lipinski definition) is 0. The van der Waals surface area contributed by atoms with Crippen LogP contribution in [0.15, 0.2) is 6.20 Å². The molecule has 0 N–H and O–H groups in total. The number of halogens is 1. The Labute approximate surface area is 147 Å². The summed E-state index contributed by atoms with van der Waals surface area (Å²) >= 11 is 6.11. The maximum absolute atomic E-state index is 12.6. The number of carbonyl (C=O) groups excluding carboxylic acids is 2. The Morgan fingerprint density at radius 2 is 1.88 bits per heavy atom. The standard InChI is InChI=1S/C16H24ClN5O2/c1-4-21(5-2)13(23)11-20(3)15(24)14-12(17)10-18-16(19-14)22-8-6-7-9-22/h10H,4-9,11H2,1-3H3. The first-order chi connectivity index (χ1) is 11.5. The summed E-state index contributed by atoms with van der Waals surface area (Å²) in [6.45, 7) is 6.81. The number of nitrogens with zero attached hydrogens (tertiary/aromatic N) is 5. The van der Waals surface area contributed by atoms with E-state index in [4.69, 9.17) is 11.6 Å². The van der Waals surface area contributed by atoms with E-state index in [1.807, 2.05) is 18.7 Å². The molecule has 0 unspecified atom stereocenters. The van der Waals surface area contributed by atoms with Crippen LogP contribution in [0, 0.1) is 0 Å². The van der Waals surface area contributed by atoms with Gasteiger partial charge in [0.15, 0.2) is 5.69 Å². The summed E-state index contributed by atoms with van der Waals surface area (Å²) in [4.78, 5) is 38.4. The molecule has 0 bridgehead atoms. The van der Waals surface area contributed by atoms with E-state index >= 15 is 0 Å². The second-order valence-electron chi connectivity index (χ2n) is 5.79. The van der Waals surface area contributed by atoms with E-state index in [9.17, 15) is 9.59 Å². The molecule has 1 aliphatic rings. The van der Waals surface area contributed by atoms with Crippen molar-refractivity contribution in [3.05, 3.63) is 16.9 Å². The van der Waals surface area contributed by atoms with Crippen LogP contribution in [0.5, 0.6) is 0 Å². The minimum atomic E-state index is -0.372. The van der Waals surface area contributed by atoms with Gasteiger partial charge in [0.2, 0.25) is 11.9 Å². The zero-order chi connectivity index (χ0) is 17.7. The van der Waals surface area contributed by atoms with Crippen LogP contribution >= 0.6 is 11.6 Å². The first-order valence-corrected chi connectivity index (χ1v) is 8.66. The molecule has 1 aromatic rings. The number of amides is 2. The zero-order valence-electron chi connectivity index (χ0n) is 14.5. The quantitative estimate of drug-likeness (QED) is 0.778. The molecule has 2 heterocycles. The van der Waals surface area contributed by atoms with Crippen molar-refractivity contribution in [3.63, 3.8) is 0 Å². The van der Waals surface area contributed by atoms with Gasteiger partial charge >= 0.3 is 0 Å². The number of carbonyl (C=O) groups is 2. The molecule has 0 saturated carbocycles. The highest BCUT2D eigenvalue weighted by molar-refractivity contribution is 6.33. The molecule has 132 valence electrons. The van der Waals surface area contributed by atoms with Gasteiger partial charge < -0.3 is 14.7 Å². The van der Waals surface area contributed by atoms with Crippen molar-refractivity contribution in [2.24, 2.45) is 0 Å². The average molecular weight is 354 g/mol. The second-order valence-corrected chi connectivity index (χ2v) is 6.20. The Morgan fingerprint density at radius 3 is 2.46 bits per heavy atom. The van der Waals surface area contributed by atoms with Crippen LogP contribution in [0.1, 0.15) is 37.2 Å². The number of aromatic nitrogens is 2. The van der Waals surface area contributed by atoms with Gasteiger partial charge in [-0.1, -0.05) is 11.6 Å². The molecule has 2 amide bonds. The third kappa shape index (κ3) is 4.14. The van der Waals surface area contributed by atoms with Gasteiger partial charge in [-0.2, -0.15) is 0 Å². The molecule has 8 heteroatoms. The topological polar surface area (TPSA) is 69.6 Å². The summed E-state index contributed by atoms with van der Waals surface area (Å²) in [6, 6.07) is 0. The summed E-state index contributed by atoms with van der Waals surface area (Å²) in [7, 11) is 1.58. The van der Waals surface area contributed by atoms with Gasteiger partial charge in [0, 0.05) is 33.2 Å². The van der Waals surface area contributed by atoms with Crippen LogP contribution in [-0.2, 0) is 4.79 Å². The smallest absolute Gasteiger partial charge is 0.274 e. The molecule has 1 saturated heterocycles. The predicted octanol–water partition coefficient (Wildman–Crippen LogP) is 1.67. The van der Waals surface area contributed by atoms with Crippen LogP contribution < -0.4 is 4.90 Å². The van der Waals surface area contributed by atoms with Crippen molar-refractivity contribution < 1.29 is 9.59 Å². The summed E-state index contributed by atoms with van der Waals surface area (Å²) in [5.41, 5.74) is 0.142. The highest BCUT2D eigenvalue weighted by atomic mass is 35.5. The summed E-state index contributed by atoms with van der Waals surface area (Å²) in [5.74, 6) is 0.0490. The molecule has 0 radical (unpaired) electrons. The molecule has 1 fully saturated rings. The van der Waals surface area contributed by atoms with E-state index in [2.05, 4.69) is 9.97 Å². The van der Waals surface area contributed by atoms with Gasteiger partial charge in [0.1, 0.15) is 0 Å². The van der Waals surface area contributed by atoms with Gasteiger partial charge in [-0.15, -0.1) is 0 Å². The molecule has 0 aliphatic carbocycles. The fourth-order valence-electron chi connectivity index (χ4n) is 2.71. The van der Waals surface area contributed by atoms with Crippen LogP contribution in [0.3, 0.4) is 0 Å². The normalized spacial score (nSPS) is 13.9. The number of anilines is 1. The van der Waals surface area contributed by atoms with Crippen molar-refractivity contribution in [1.82, 2.24) is 19.8 Å². The SMILES string of the molecule is CCN(CC)C(=O)CN(C)C(=O)c1nc(N2CCCC2)ncc1Cl. The Hall–Kier alpha value is -1.89. The third-order valence-electron chi connectivity index (χ3n) is 4.16. The van der Waals surface area contributed by atoms with Crippen molar-refractivity contribution in [2.45, 2.75) is 26.7 Å². The van der Waals surface area contributed by atoms with Crippen LogP contribution in [0.4, 0.5) is 5.95 Å². The molecule has 1 aromatic heterocycles. The number of hydrogen-bond acceptors (Lipinski definition) is 5. The lowest BCUT2D eigenvalue weighted by atomic mass is 10.3. The highest BCUT2D eigenvalue weighted by Crippen LogP contribution is 2.20. The van der Waals surface area contributed by atoms with Gasteiger partial charge in [0.05, 0.1) is 17.8 Å². The van der Waals surface area contributed by atoms with Crippen LogP contribution in [0.25, 0.3) is 0 Å². The van der Waals surface area contributed by atoms with Crippen LogP contribution in [0.2, 0.25) is 5.02 Å². The Kier molecular flexibility index (Phi) is 6.36.